The number of H-pyrrole nitrogens is 1. The van der Waals surface area contributed by atoms with Crippen molar-refractivity contribution < 1.29 is 23.3 Å². The summed E-state index contributed by atoms with van der Waals surface area (Å²) in [6.45, 7) is 19.2. The van der Waals surface area contributed by atoms with Crippen LogP contribution in [0.25, 0.3) is 11.2 Å². The van der Waals surface area contributed by atoms with Crippen molar-refractivity contribution in [2.75, 3.05) is 6.61 Å². The third kappa shape index (κ3) is 6.63. The molecule has 3 heterocycles. The molecule has 8 atom stereocenters. The van der Waals surface area contributed by atoms with Gasteiger partial charge in [0.2, 0.25) is 11.8 Å². The van der Waals surface area contributed by atoms with Gasteiger partial charge in [-0.25, -0.2) is 9.97 Å². The maximum absolute atomic E-state index is 12.2. The average molecular weight is 630 g/mol. The molecule has 0 spiro atoms. The van der Waals surface area contributed by atoms with Gasteiger partial charge in [-0.15, -0.1) is 9.05 Å². The molecule has 2 aliphatic rings. The van der Waals surface area contributed by atoms with Crippen LogP contribution in [0.1, 0.15) is 60.1 Å². The number of allylic oxidation sites excluding steroid dienone is 1. The van der Waals surface area contributed by atoms with Gasteiger partial charge in [-0.3, -0.25) is 9.36 Å². The fraction of sp³-hybridized carbons (Fsp3) is 0.731. The summed E-state index contributed by atoms with van der Waals surface area (Å²) in [4.78, 5) is 23.2. The fourth-order valence-corrected chi connectivity index (χ4v) is 7.89. The van der Waals surface area contributed by atoms with Crippen LogP contribution in [0.15, 0.2) is 29.6 Å². The second-order valence-electron chi connectivity index (χ2n) is 12.7. The van der Waals surface area contributed by atoms with E-state index in [2.05, 4.69) is 62.3 Å². The Labute approximate surface area is 248 Å². The Morgan fingerprint density at radius 2 is 2.10 bits per heavy atom. The second kappa shape index (κ2) is 11.9. The standard InChI is InChI=1S/C26H41N4O6PS2Si/c1-15(2)16-9-10-26(6,38)18(11-16)35-37(39)36-21-17(12-33-40(7,8)25(3,4)5)34-24(20(21)31)30-14-29-19-22(30)27-13-28-23(19)32/h13-14,16-18,20-21,24,31H,1,9-12H2,2-8H3,(H-,27,28,32,38)/p+1/t16-,17-,18+,20-,21-,24-,26+/m1/s1. The van der Waals surface area contributed by atoms with Crippen molar-refractivity contribution in [3.8, 4) is 0 Å². The molecule has 4 rings (SSSR count). The van der Waals surface area contributed by atoms with Gasteiger partial charge in [-0.1, -0.05) is 32.9 Å². The molecular weight excluding hydrogens is 588 g/mol. The molecule has 1 aliphatic carbocycles. The molecule has 1 aliphatic heterocycles. The lowest BCUT2D eigenvalue weighted by molar-refractivity contribution is -0.0485. The molecule has 1 saturated carbocycles. The van der Waals surface area contributed by atoms with Crippen LogP contribution in [-0.4, -0.2) is 68.7 Å². The summed E-state index contributed by atoms with van der Waals surface area (Å²) in [6, 6.07) is 0. The fourth-order valence-electron chi connectivity index (χ4n) is 4.86. The van der Waals surface area contributed by atoms with Gasteiger partial charge in [0.05, 0.1) is 19.3 Å². The van der Waals surface area contributed by atoms with Crippen LogP contribution < -0.4 is 5.56 Å². The van der Waals surface area contributed by atoms with Crippen molar-refractivity contribution in [2.45, 2.75) is 107 Å². The number of rotatable bonds is 9. The zero-order chi connectivity index (χ0) is 29.6. The molecule has 2 aromatic rings. The number of fused-ring (bicyclic) bond motifs is 1. The molecular formula is C26H42N4O6PS2Si+. The molecule has 10 nitrogen and oxygen atoms in total. The molecule has 0 aromatic carbocycles. The highest BCUT2D eigenvalue weighted by molar-refractivity contribution is 8.00. The van der Waals surface area contributed by atoms with Gasteiger partial charge in [-0.2, -0.15) is 12.6 Å². The molecule has 2 aromatic heterocycles. The van der Waals surface area contributed by atoms with E-state index in [9.17, 15) is 9.90 Å². The van der Waals surface area contributed by atoms with E-state index < -0.39 is 40.0 Å². The number of aromatic nitrogens is 4. The van der Waals surface area contributed by atoms with E-state index in [-0.39, 0.29) is 33.6 Å². The minimum atomic E-state index is -2.14. The molecule has 222 valence electrons. The molecule has 2 N–H and O–H groups in total. The first-order valence-corrected chi connectivity index (χ1v) is 19.1. The number of nitrogens with zero attached hydrogens (tertiary/aromatic N) is 3. The van der Waals surface area contributed by atoms with Crippen molar-refractivity contribution in [3.05, 3.63) is 35.2 Å². The van der Waals surface area contributed by atoms with Crippen molar-refractivity contribution in [2.24, 2.45) is 5.92 Å². The lowest BCUT2D eigenvalue weighted by Crippen LogP contribution is -2.45. The van der Waals surface area contributed by atoms with Crippen molar-refractivity contribution in [1.82, 2.24) is 19.5 Å². The van der Waals surface area contributed by atoms with Crippen LogP contribution in [-0.2, 0) is 30.0 Å². The van der Waals surface area contributed by atoms with Crippen LogP contribution in [0, 0.1) is 5.92 Å². The van der Waals surface area contributed by atoms with E-state index in [0.717, 1.165) is 24.8 Å². The normalized spacial score (nSPS) is 32.0. The van der Waals surface area contributed by atoms with Crippen LogP contribution >= 0.6 is 19.8 Å². The Balaban J connectivity index is 1.57. The van der Waals surface area contributed by atoms with E-state index in [1.807, 2.05) is 6.92 Å². The number of aliphatic hydroxyl groups excluding tert-OH is 1. The average Bonchev–Trinajstić information content (AvgIpc) is 3.40. The summed E-state index contributed by atoms with van der Waals surface area (Å²) in [6.07, 6.45) is 1.64. The lowest BCUT2D eigenvalue weighted by atomic mass is 9.77. The monoisotopic (exact) mass is 629 g/mol. The first kappa shape index (κ1) is 31.9. The minimum Gasteiger partial charge on any atom is -0.414 e. The maximum Gasteiger partial charge on any atom is 0.522 e. The summed E-state index contributed by atoms with van der Waals surface area (Å²) >= 11 is 10.6. The van der Waals surface area contributed by atoms with Gasteiger partial charge in [-0.05, 0) is 57.2 Å². The van der Waals surface area contributed by atoms with Gasteiger partial charge in [0, 0.05) is 4.75 Å². The van der Waals surface area contributed by atoms with E-state index in [1.165, 1.54) is 12.7 Å². The smallest absolute Gasteiger partial charge is 0.414 e. The van der Waals surface area contributed by atoms with E-state index in [4.69, 9.17) is 42.6 Å². The summed E-state index contributed by atoms with van der Waals surface area (Å²) in [7, 11) is -3.96. The predicted octanol–water partition coefficient (Wildman–Crippen LogP) is 5.01. The van der Waals surface area contributed by atoms with Crippen molar-refractivity contribution >= 4 is 51.1 Å². The molecule has 14 heteroatoms. The molecule has 1 saturated heterocycles. The van der Waals surface area contributed by atoms with Crippen molar-refractivity contribution in [1.29, 1.82) is 0 Å². The van der Waals surface area contributed by atoms with Gasteiger partial charge < -0.3 is 19.3 Å². The lowest BCUT2D eigenvalue weighted by Gasteiger charge is -2.38. The highest BCUT2D eigenvalue weighted by Gasteiger charge is 2.52. The molecule has 2 fully saturated rings. The van der Waals surface area contributed by atoms with Crippen LogP contribution in [0.3, 0.4) is 0 Å². The summed E-state index contributed by atoms with van der Waals surface area (Å²) in [5.41, 5.74) is 1.20. The molecule has 0 amide bonds. The number of nitrogens with one attached hydrogen (secondary N) is 1. The second-order valence-corrected chi connectivity index (χ2v) is 20.3. The predicted molar refractivity (Wildman–Crippen MR) is 165 cm³/mol. The molecule has 40 heavy (non-hydrogen) atoms. The first-order chi connectivity index (χ1) is 18.5. The zero-order valence-electron chi connectivity index (χ0n) is 24.3. The van der Waals surface area contributed by atoms with Crippen LogP contribution in [0.2, 0.25) is 18.1 Å². The Kier molecular flexibility index (Phi) is 9.51. The topological polar surface area (TPSA) is 121 Å². The number of thiol groups is 1. The van der Waals surface area contributed by atoms with Gasteiger partial charge in [0.25, 0.3) is 5.56 Å². The van der Waals surface area contributed by atoms with E-state index >= 15 is 0 Å². The maximum atomic E-state index is 12.2. The number of hydrogen-bond acceptors (Lipinski definition) is 10. The largest absolute Gasteiger partial charge is 0.522 e. The highest BCUT2D eigenvalue weighted by Crippen LogP contribution is 2.47. The third-order valence-electron chi connectivity index (χ3n) is 8.67. The van der Waals surface area contributed by atoms with Gasteiger partial charge >= 0.3 is 7.15 Å². The third-order valence-corrected chi connectivity index (χ3v) is 15.0. The Morgan fingerprint density at radius 1 is 1.40 bits per heavy atom. The number of aromatic amines is 1. The van der Waals surface area contributed by atoms with Crippen LogP contribution in [0.5, 0.6) is 0 Å². The number of aliphatic hydroxyl groups is 1. The molecule has 0 radical (unpaired) electrons. The summed E-state index contributed by atoms with van der Waals surface area (Å²) in [5, 5.41) is 11.5. The molecule has 1 unspecified atom stereocenters. The highest BCUT2D eigenvalue weighted by atomic mass is 32.4. The zero-order valence-corrected chi connectivity index (χ0v) is 27.9. The quantitative estimate of drug-likeness (QED) is 0.152. The Bertz CT molecular complexity index is 1310. The summed E-state index contributed by atoms with van der Waals surface area (Å²) in [5.74, 6) is 0.337. The number of imidazole rings is 1. The first-order valence-electron chi connectivity index (χ1n) is 13.6. The van der Waals surface area contributed by atoms with Crippen molar-refractivity contribution in [3.63, 3.8) is 0 Å². The molecule has 0 bridgehead atoms. The SMILES string of the molecule is C=C(C)[C@@H]1CC[C@](C)(S)[C@@H](O[P+](=S)O[C@H]2[C@@H](O)[C@H](n3cnc4c(=O)[nH]cnc43)O[C@@H]2CO[Si](C)(C)C(C)(C)C)C1. The van der Waals surface area contributed by atoms with Gasteiger partial charge in [0.15, 0.2) is 31.8 Å². The Hall–Kier alpha value is -1.02. The van der Waals surface area contributed by atoms with E-state index in [0.29, 0.717) is 11.6 Å². The minimum absolute atomic E-state index is 0.0168. The number of hydrogen-bond donors (Lipinski definition) is 3. The number of ether oxygens (including phenoxy) is 1. The van der Waals surface area contributed by atoms with Crippen LogP contribution in [0.4, 0.5) is 0 Å². The van der Waals surface area contributed by atoms with Gasteiger partial charge in [0.1, 0.15) is 18.3 Å². The van der Waals surface area contributed by atoms with E-state index in [1.54, 1.807) is 4.57 Å². The Morgan fingerprint density at radius 3 is 2.75 bits per heavy atom. The summed E-state index contributed by atoms with van der Waals surface area (Å²) < 4.78 is 26.6.